The molecule has 2 N–H and O–H groups in total. The standard InChI is InChI=1S/C7H11N2PS/c8-7-9-5-2-1-4(10)3-6(5)11-7/h4H,1-3,10H2,(H2,8,9)/t4-/m0/s1. The number of thiazole rings is 1. The third-order valence-corrected chi connectivity index (χ3v) is 3.51. The Hall–Kier alpha value is -0.140. The number of anilines is 1. The first-order valence-electron chi connectivity index (χ1n) is 3.75. The quantitative estimate of drug-likeness (QED) is 0.623. The first-order valence-corrected chi connectivity index (χ1v) is 5.23. The van der Waals surface area contributed by atoms with E-state index in [1.54, 1.807) is 11.3 Å². The van der Waals surface area contributed by atoms with Crippen molar-refractivity contribution in [2.75, 3.05) is 5.73 Å². The van der Waals surface area contributed by atoms with E-state index in [-0.39, 0.29) is 0 Å². The minimum Gasteiger partial charge on any atom is -0.375 e. The molecule has 1 aliphatic rings. The molecule has 0 radical (unpaired) electrons. The van der Waals surface area contributed by atoms with E-state index in [4.69, 9.17) is 5.73 Å². The molecule has 0 spiro atoms. The fourth-order valence-electron chi connectivity index (χ4n) is 1.42. The monoisotopic (exact) mass is 186 g/mol. The summed E-state index contributed by atoms with van der Waals surface area (Å²) in [6.45, 7) is 0. The highest BCUT2D eigenvalue weighted by molar-refractivity contribution is 7.18. The van der Waals surface area contributed by atoms with Gasteiger partial charge in [0.2, 0.25) is 0 Å². The molecule has 2 rings (SSSR count). The fraction of sp³-hybridized carbons (Fsp3) is 0.571. The SMILES string of the molecule is Nc1nc2c(s1)C[C@@H](P)CC2. The van der Waals surface area contributed by atoms with Gasteiger partial charge in [-0.05, 0) is 24.9 Å². The lowest BCUT2D eigenvalue weighted by molar-refractivity contribution is 0.699. The maximum atomic E-state index is 5.60. The zero-order valence-corrected chi connectivity index (χ0v) is 8.18. The van der Waals surface area contributed by atoms with Gasteiger partial charge in [0.1, 0.15) is 0 Å². The number of aryl methyl sites for hydroxylation is 1. The molecular formula is C7H11N2PS. The van der Waals surface area contributed by atoms with Crippen LogP contribution in [0.4, 0.5) is 5.13 Å². The predicted molar refractivity (Wildman–Crippen MR) is 52.0 cm³/mol. The minimum absolute atomic E-state index is 0.731. The lowest BCUT2D eigenvalue weighted by Crippen LogP contribution is -2.11. The Balaban J connectivity index is 2.34. The Labute approximate surface area is 72.4 Å². The van der Waals surface area contributed by atoms with Gasteiger partial charge in [-0.3, -0.25) is 0 Å². The highest BCUT2D eigenvalue weighted by atomic mass is 32.1. The first kappa shape index (κ1) is 7.51. The van der Waals surface area contributed by atoms with Crippen LogP contribution in [0, 0.1) is 0 Å². The second-order valence-electron chi connectivity index (χ2n) is 2.92. The van der Waals surface area contributed by atoms with Gasteiger partial charge in [-0.25, -0.2) is 4.98 Å². The summed E-state index contributed by atoms with van der Waals surface area (Å²) >= 11 is 1.65. The number of hydrogen-bond donors (Lipinski definition) is 1. The highest BCUT2D eigenvalue weighted by Crippen LogP contribution is 2.30. The molecule has 0 aliphatic heterocycles. The number of nitrogens with two attached hydrogens (primary N) is 1. The predicted octanol–water partition coefficient (Wildman–Crippen LogP) is 1.46. The van der Waals surface area contributed by atoms with Crippen LogP contribution in [0.2, 0.25) is 0 Å². The second kappa shape index (κ2) is 2.72. The summed E-state index contributed by atoms with van der Waals surface area (Å²) in [5.41, 5.74) is 7.58. The summed E-state index contributed by atoms with van der Waals surface area (Å²) < 4.78 is 0. The van der Waals surface area contributed by atoms with Crippen molar-refractivity contribution >= 4 is 25.7 Å². The third kappa shape index (κ3) is 1.40. The normalized spacial score (nSPS) is 23.2. The van der Waals surface area contributed by atoms with Crippen molar-refractivity contribution in [1.82, 2.24) is 4.98 Å². The van der Waals surface area contributed by atoms with Gasteiger partial charge < -0.3 is 5.73 Å². The lowest BCUT2D eigenvalue weighted by atomic mass is 10.0. The van der Waals surface area contributed by atoms with Crippen molar-refractivity contribution in [3.05, 3.63) is 10.6 Å². The van der Waals surface area contributed by atoms with E-state index in [1.165, 1.54) is 17.0 Å². The average molecular weight is 186 g/mol. The van der Waals surface area contributed by atoms with E-state index >= 15 is 0 Å². The van der Waals surface area contributed by atoms with E-state index in [1.807, 2.05) is 0 Å². The maximum Gasteiger partial charge on any atom is 0.180 e. The van der Waals surface area contributed by atoms with Crippen molar-refractivity contribution in [3.63, 3.8) is 0 Å². The van der Waals surface area contributed by atoms with E-state index in [0.29, 0.717) is 0 Å². The molecule has 0 fully saturated rings. The molecule has 0 saturated carbocycles. The summed E-state index contributed by atoms with van der Waals surface area (Å²) in [7, 11) is 2.87. The van der Waals surface area contributed by atoms with Gasteiger partial charge in [-0.15, -0.1) is 20.6 Å². The molecule has 1 aromatic heterocycles. The number of nitrogen functional groups attached to an aromatic ring is 1. The van der Waals surface area contributed by atoms with E-state index < -0.39 is 0 Å². The molecule has 0 bridgehead atoms. The number of rotatable bonds is 0. The Morgan fingerprint density at radius 2 is 2.45 bits per heavy atom. The van der Waals surface area contributed by atoms with Crippen LogP contribution in [0.15, 0.2) is 0 Å². The lowest BCUT2D eigenvalue weighted by Gasteiger charge is -2.15. The second-order valence-corrected chi connectivity index (χ2v) is 4.98. The van der Waals surface area contributed by atoms with Crippen molar-refractivity contribution in [2.45, 2.75) is 24.9 Å². The molecular weight excluding hydrogens is 175 g/mol. The van der Waals surface area contributed by atoms with Gasteiger partial charge in [-0.2, -0.15) is 0 Å². The Morgan fingerprint density at radius 1 is 1.64 bits per heavy atom. The molecule has 1 heterocycles. The van der Waals surface area contributed by atoms with Gasteiger partial charge in [0.15, 0.2) is 5.13 Å². The van der Waals surface area contributed by atoms with Crippen LogP contribution < -0.4 is 5.73 Å². The van der Waals surface area contributed by atoms with E-state index in [9.17, 15) is 0 Å². The molecule has 0 saturated heterocycles. The molecule has 60 valence electrons. The van der Waals surface area contributed by atoms with Crippen LogP contribution in [0.1, 0.15) is 17.0 Å². The number of hydrogen-bond acceptors (Lipinski definition) is 3. The largest absolute Gasteiger partial charge is 0.375 e. The Morgan fingerprint density at radius 3 is 3.27 bits per heavy atom. The van der Waals surface area contributed by atoms with Crippen LogP contribution in [-0.2, 0) is 12.8 Å². The summed E-state index contributed by atoms with van der Waals surface area (Å²) in [6, 6.07) is 0. The number of aromatic nitrogens is 1. The fourth-order valence-corrected chi connectivity index (χ4v) is 2.96. The summed E-state index contributed by atoms with van der Waals surface area (Å²) in [4.78, 5) is 5.67. The van der Waals surface area contributed by atoms with Crippen LogP contribution in [-0.4, -0.2) is 10.6 Å². The molecule has 0 aromatic carbocycles. The summed E-state index contributed by atoms with van der Waals surface area (Å²) in [5, 5.41) is 0.731. The van der Waals surface area contributed by atoms with Crippen LogP contribution >= 0.6 is 20.6 Å². The van der Waals surface area contributed by atoms with Crippen LogP contribution in [0.5, 0.6) is 0 Å². The molecule has 4 heteroatoms. The highest BCUT2D eigenvalue weighted by Gasteiger charge is 2.18. The smallest absolute Gasteiger partial charge is 0.180 e. The molecule has 2 nitrogen and oxygen atoms in total. The maximum absolute atomic E-state index is 5.60. The minimum atomic E-state index is 0.731. The van der Waals surface area contributed by atoms with Gasteiger partial charge in [-0.1, -0.05) is 0 Å². The molecule has 0 amide bonds. The average Bonchev–Trinajstić information content (AvgIpc) is 2.27. The molecule has 1 aromatic rings. The van der Waals surface area contributed by atoms with Crippen LogP contribution in [0.3, 0.4) is 0 Å². The van der Waals surface area contributed by atoms with Crippen molar-refractivity contribution in [3.8, 4) is 0 Å². The first-order chi connectivity index (χ1) is 5.25. The van der Waals surface area contributed by atoms with Gasteiger partial charge in [0.05, 0.1) is 5.69 Å². The zero-order valence-electron chi connectivity index (χ0n) is 6.21. The van der Waals surface area contributed by atoms with Crippen molar-refractivity contribution in [1.29, 1.82) is 0 Å². The van der Waals surface area contributed by atoms with Crippen molar-refractivity contribution < 1.29 is 0 Å². The number of nitrogens with zero attached hydrogens (tertiary/aromatic N) is 1. The number of fused-ring (bicyclic) bond motifs is 1. The molecule has 11 heavy (non-hydrogen) atoms. The summed E-state index contributed by atoms with van der Waals surface area (Å²) in [5.74, 6) is 0. The van der Waals surface area contributed by atoms with Gasteiger partial charge >= 0.3 is 0 Å². The molecule has 2 atom stereocenters. The zero-order chi connectivity index (χ0) is 7.84. The summed E-state index contributed by atoms with van der Waals surface area (Å²) in [6.07, 6.45) is 3.49. The third-order valence-electron chi connectivity index (χ3n) is 1.99. The van der Waals surface area contributed by atoms with Crippen molar-refractivity contribution in [2.24, 2.45) is 0 Å². The Bertz CT molecular complexity index is 271. The van der Waals surface area contributed by atoms with E-state index in [2.05, 4.69) is 14.2 Å². The van der Waals surface area contributed by atoms with Gasteiger partial charge in [0.25, 0.3) is 0 Å². The van der Waals surface area contributed by atoms with Crippen LogP contribution in [0.25, 0.3) is 0 Å². The molecule has 1 aliphatic carbocycles. The Kier molecular flexibility index (Phi) is 1.86. The van der Waals surface area contributed by atoms with E-state index in [0.717, 1.165) is 23.6 Å². The van der Waals surface area contributed by atoms with Gasteiger partial charge in [0, 0.05) is 4.88 Å². The topological polar surface area (TPSA) is 38.9 Å². The molecule has 1 unspecified atom stereocenters.